The smallest absolute Gasteiger partial charge is 0.420 e. The molecule has 0 radical (unpaired) electrons. The van der Waals surface area contributed by atoms with Crippen molar-refractivity contribution in [2.24, 2.45) is 0 Å². The zero-order chi connectivity index (χ0) is 29.9. The molecular formula is C30H35F3N6O3. The van der Waals surface area contributed by atoms with Crippen LogP contribution >= 0.6 is 0 Å². The number of oxazole rings is 1. The quantitative estimate of drug-likeness (QED) is 0.333. The van der Waals surface area contributed by atoms with Crippen LogP contribution in [0.1, 0.15) is 65.0 Å². The predicted octanol–water partition coefficient (Wildman–Crippen LogP) is 5.91. The molecule has 12 heteroatoms. The molecule has 9 nitrogen and oxygen atoms in total. The number of amides is 2. The summed E-state index contributed by atoms with van der Waals surface area (Å²) in [4.78, 5) is 37.3. The van der Waals surface area contributed by atoms with Crippen LogP contribution < -0.4 is 20.4 Å². The first-order valence-corrected chi connectivity index (χ1v) is 14.3. The number of ketones is 1. The van der Waals surface area contributed by atoms with Gasteiger partial charge < -0.3 is 24.9 Å². The lowest BCUT2D eigenvalue weighted by Crippen LogP contribution is -2.46. The van der Waals surface area contributed by atoms with E-state index in [0.717, 1.165) is 48.9 Å². The van der Waals surface area contributed by atoms with Crippen molar-refractivity contribution in [3.05, 3.63) is 64.7 Å². The third kappa shape index (κ3) is 6.85. The number of carbonyl (C=O) groups is 2. The van der Waals surface area contributed by atoms with E-state index in [9.17, 15) is 22.8 Å². The summed E-state index contributed by atoms with van der Waals surface area (Å²) in [6.45, 7) is 6.34. The number of carbonyl (C=O) groups excluding carboxylic acids is 2. The largest absolute Gasteiger partial charge is 0.437 e. The van der Waals surface area contributed by atoms with Crippen LogP contribution in [0.5, 0.6) is 0 Å². The first-order valence-electron chi connectivity index (χ1n) is 14.3. The molecule has 1 aromatic carbocycles. The van der Waals surface area contributed by atoms with Gasteiger partial charge in [0.2, 0.25) is 11.5 Å². The predicted molar refractivity (Wildman–Crippen MR) is 153 cm³/mol. The van der Waals surface area contributed by atoms with Gasteiger partial charge in [-0.3, -0.25) is 4.79 Å². The van der Waals surface area contributed by atoms with E-state index in [-0.39, 0.29) is 24.5 Å². The number of aromatic nitrogens is 2. The molecule has 2 aromatic heterocycles. The molecule has 0 spiro atoms. The molecule has 4 heterocycles. The van der Waals surface area contributed by atoms with E-state index in [1.54, 1.807) is 17.0 Å². The van der Waals surface area contributed by atoms with Gasteiger partial charge in [-0.05, 0) is 68.7 Å². The molecule has 0 atom stereocenters. The van der Waals surface area contributed by atoms with Crippen molar-refractivity contribution in [3.8, 4) is 0 Å². The van der Waals surface area contributed by atoms with Gasteiger partial charge in [0.15, 0.2) is 5.69 Å². The van der Waals surface area contributed by atoms with Crippen molar-refractivity contribution >= 4 is 29.3 Å². The Balaban J connectivity index is 1.16. The Morgan fingerprint density at radius 1 is 0.976 bits per heavy atom. The highest BCUT2D eigenvalue weighted by Crippen LogP contribution is 2.35. The molecular weight excluding hydrogens is 549 g/mol. The second kappa shape index (κ2) is 12.4. The van der Waals surface area contributed by atoms with E-state index in [0.29, 0.717) is 37.6 Å². The summed E-state index contributed by atoms with van der Waals surface area (Å²) in [7, 11) is 0. The monoisotopic (exact) mass is 584 g/mol. The van der Waals surface area contributed by atoms with Crippen molar-refractivity contribution in [2.45, 2.75) is 64.6 Å². The number of hydrogen-bond acceptors (Lipinski definition) is 7. The maximum Gasteiger partial charge on any atom is 0.437 e. The molecule has 2 amide bonds. The van der Waals surface area contributed by atoms with Gasteiger partial charge in [-0.2, -0.15) is 18.2 Å². The van der Waals surface area contributed by atoms with E-state index in [1.165, 1.54) is 6.20 Å². The fourth-order valence-electron chi connectivity index (χ4n) is 5.48. The topological polar surface area (TPSA) is 104 Å². The Morgan fingerprint density at radius 3 is 2.29 bits per heavy atom. The van der Waals surface area contributed by atoms with Gasteiger partial charge in [-0.1, -0.05) is 24.3 Å². The van der Waals surface area contributed by atoms with Gasteiger partial charge >= 0.3 is 12.2 Å². The van der Waals surface area contributed by atoms with Crippen LogP contribution in [-0.2, 0) is 12.6 Å². The Hall–Kier alpha value is -4.09. The summed E-state index contributed by atoms with van der Waals surface area (Å²) in [5, 5.41) is 6.00. The summed E-state index contributed by atoms with van der Waals surface area (Å²) in [5.74, 6) is -0.852. The molecule has 2 aliphatic rings. The number of aryl methyl sites for hydroxylation is 2. The summed E-state index contributed by atoms with van der Waals surface area (Å²) >= 11 is 0. The molecule has 3 aromatic rings. The van der Waals surface area contributed by atoms with E-state index in [2.05, 4.69) is 25.5 Å². The first kappa shape index (κ1) is 29.4. The average Bonchev–Trinajstić information content (AvgIpc) is 3.43. The standard InChI is InChI=1S/C30H35F3N6O3/c1-19-7-6-8-20(2)25(19)36-28(41)35-22-11-15-38(16-12-22)24-10-9-21(18-34-24)17-23(40)26-27(30(31,32)33)37-29(42-26)39-13-4-3-5-14-39/h6-10,18,22H,3-5,11-17H2,1-2H3,(H2,35,36,41). The lowest BCUT2D eigenvalue weighted by molar-refractivity contribution is -0.141. The average molecular weight is 585 g/mol. The third-order valence-electron chi connectivity index (χ3n) is 7.81. The Labute approximate surface area is 242 Å². The van der Waals surface area contributed by atoms with Crippen LogP contribution in [0.4, 0.5) is 35.5 Å². The normalized spacial score (nSPS) is 16.4. The molecule has 2 saturated heterocycles. The van der Waals surface area contributed by atoms with Gasteiger partial charge in [0.25, 0.3) is 6.01 Å². The van der Waals surface area contributed by atoms with E-state index in [1.807, 2.05) is 32.0 Å². The highest BCUT2D eigenvalue weighted by atomic mass is 19.4. The highest BCUT2D eigenvalue weighted by molar-refractivity contribution is 5.96. The number of piperidine rings is 2. The number of para-hydroxylation sites is 1. The van der Waals surface area contributed by atoms with Crippen LogP contribution in [0.3, 0.4) is 0 Å². The Morgan fingerprint density at radius 2 is 1.67 bits per heavy atom. The number of hydrogen-bond donors (Lipinski definition) is 2. The molecule has 0 aliphatic carbocycles. The number of nitrogens with zero attached hydrogens (tertiary/aromatic N) is 4. The SMILES string of the molecule is Cc1cccc(C)c1NC(=O)NC1CCN(c2ccc(CC(=O)c3oc(N4CCCCC4)nc3C(F)(F)F)cn2)CC1. The minimum absolute atomic E-state index is 0.0158. The molecule has 2 N–H and O–H groups in total. The molecule has 0 saturated carbocycles. The van der Waals surface area contributed by atoms with Crippen molar-refractivity contribution in [3.63, 3.8) is 0 Å². The molecule has 42 heavy (non-hydrogen) atoms. The number of Topliss-reactive ketones (excluding diaryl/α,β-unsaturated/α-hetero) is 1. The number of nitrogens with one attached hydrogen (secondary N) is 2. The van der Waals surface area contributed by atoms with E-state index in [4.69, 9.17) is 4.42 Å². The van der Waals surface area contributed by atoms with Gasteiger partial charge in [0.1, 0.15) is 5.82 Å². The summed E-state index contributed by atoms with van der Waals surface area (Å²) in [5.41, 5.74) is 2.01. The molecule has 2 fully saturated rings. The van der Waals surface area contributed by atoms with Crippen LogP contribution in [0.15, 0.2) is 40.9 Å². The minimum atomic E-state index is -4.80. The van der Waals surface area contributed by atoms with Gasteiger partial charge in [0.05, 0.1) is 0 Å². The fourth-order valence-corrected chi connectivity index (χ4v) is 5.48. The second-order valence-electron chi connectivity index (χ2n) is 11.0. The van der Waals surface area contributed by atoms with Crippen molar-refractivity contribution in [2.75, 3.05) is 41.3 Å². The molecule has 5 rings (SSSR count). The number of urea groups is 1. The zero-order valence-corrected chi connectivity index (χ0v) is 23.8. The molecule has 224 valence electrons. The highest BCUT2D eigenvalue weighted by Gasteiger charge is 2.41. The van der Waals surface area contributed by atoms with Crippen molar-refractivity contribution in [1.82, 2.24) is 15.3 Å². The number of anilines is 3. The number of rotatable bonds is 7. The molecule has 0 bridgehead atoms. The summed E-state index contributed by atoms with van der Waals surface area (Å²) in [6.07, 6.45) is 0.548. The van der Waals surface area contributed by atoms with Gasteiger partial charge in [-0.15, -0.1) is 0 Å². The van der Waals surface area contributed by atoms with Crippen LogP contribution in [0, 0.1) is 13.8 Å². The Bertz CT molecular complexity index is 1390. The van der Waals surface area contributed by atoms with Crippen molar-refractivity contribution < 1.29 is 27.2 Å². The lowest BCUT2D eigenvalue weighted by atomic mass is 10.0. The lowest BCUT2D eigenvalue weighted by Gasteiger charge is -2.33. The number of halogens is 3. The maximum absolute atomic E-state index is 13.7. The number of alkyl halides is 3. The minimum Gasteiger partial charge on any atom is -0.420 e. The van der Waals surface area contributed by atoms with E-state index < -0.39 is 23.4 Å². The van der Waals surface area contributed by atoms with E-state index >= 15 is 0 Å². The summed E-state index contributed by atoms with van der Waals surface area (Å²) in [6, 6.07) is 8.94. The van der Waals surface area contributed by atoms with Crippen LogP contribution in [0.25, 0.3) is 0 Å². The number of benzene rings is 1. The Kier molecular flexibility index (Phi) is 8.69. The van der Waals surface area contributed by atoms with Crippen LogP contribution in [-0.4, -0.2) is 54.0 Å². The summed E-state index contributed by atoms with van der Waals surface area (Å²) < 4.78 is 46.4. The number of pyridine rings is 1. The van der Waals surface area contributed by atoms with Crippen LogP contribution in [0.2, 0.25) is 0 Å². The van der Waals surface area contributed by atoms with Gasteiger partial charge in [-0.25, -0.2) is 9.78 Å². The zero-order valence-electron chi connectivity index (χ0n) is 23.8. The van der Waals surface area contributed by atoms with Gasteiger partial charge in [0, 0.05) is 50.5 Å². The maximum atomic E-state index is 13.7. The molecule has 0 unspecified atom stereocenters. The first-order chi connectivity index (χ1) is 20.1. The van der Waals surface area contributed by atoms with Crippen molar-refractivity contribution in [1.29, 1.82) is 0 Å². The molecule has 2 aliphatic heterocycles. The third-order valence-corrected chi connectivity index (χ3v) is 7.81. The second-order valence-corrected chi connectivity index (χ2v) is 11.0. The fraction of sp³-hybridized carbons (Fsp3) is 0.467.